The number of anilines is 1. The lowest BCUT2D eigenvalue weighted by Crippen LogP contribution is -2.42. The van der Waals surface area contributed by atoms with Crippen LogP contribution in [0.25, 0.3) is 0 Å². The zero-order valence-electron chi connectivity index (χ0n) is 11.9. The number of nitrogen functional groups attached to an aromatic ring is 1. The Kier molecular flexibility index (Phi) is 5.56. The van der Waals surface area contributed by atoms with Gasteiger partial charge in [-0.25, -0.2) is 4.98 Å². The van der Waals surface area contributed by atoms with E-state index in [4.69, 9.17) is 10.5 Å². The third kappa shape index (κ3) is 3.68. The topological polar surface area (TPSA) is 60.2 Å². The van der Waals surface area contributed by atoms with Crippen LogP contribution in [0.1, 0.15) is 45.7 Å². The second-order valence-corrected chi connectivity index (χ2v) is 4.90. The zero-order valence-corrected chi connectivity index (χ0v) is 11.9. The lowest BCUT2D eigenvalue weighted by Gasteiger charge is -2.35. The number of pyridine rings is 1. The standard InChI is InChI=1S/C14H25N3O/c1-5-9-16-12(14(3,4)18-6-2)11-8-7-10-17-13(11)15/h7-8,10,12,16H,5-6,9H2,1-4H3,(H2,15,17). The Morgan fingerprint density at radius 1 is 1.44 bits per heavy atom. The first kappa shape index (κ1) is 14.9. The van der Waals surface area contributed by atoms with E-state index in [2.05, 4.69) is 31.1 Å². The van der Waals surface area contributed by atoms with Gasteiger partial charge in [0.25, 0.3) is 0 Å². The van der Waals surface area contributed by atoms with Crippen molar-refractivity contribution in [1.82, 2.24) is 10.3 Å². The second kappa shape index (κ2) is 6.71. The fourth-order valence-corrected chi connectivity index (χ4v) is 2.15. The van der Waals surface area contributed by atoms with E-state index in [0.29, 0.717) is 12.4 Å². The third-order valence-corrected chi connectivity index (χ3v) is 2.99. The fraction of sp³-hybridized carbons (Fsp3) is 0.643. The van der Waals surface area contributed by atoms with Crippen molar-refractivity contribution in [2.45, 2.75) is 45.8 Å². The van der Waals surface area contributed by atoms with Crippen molar-refractivity contribution in [3.05, 3.63) is 23.9 Å². The molecule has 0 aliphatic carbocycles. The lowest BCUT2D eigenvalue weighted by molar-refractivity contribution is -0.0390. The molecule has 0 aliphatic rings. The Hall–Kier alpha value is -1.13. The number of nitrogens with zero attached hydrogens (tertiary/aromatic N) is 1. The molecule has 0 aliphatic heterocycles. The number of nitrogens with two attached hydrogens (primary N) is 1. The van der Waals surface area contributed by atoms with Gasteiger partial charge < -0.3 is 15.8 Å². The summed E-state index contributed by atoms with van der Waals surface area (Å²) in [5, 5.41) is 3.51. The maximum Gasteiger partial charge on any atom is 0.128 e. The van der Waals surface area contributed by atoms with Crippen molar-refractivity contribution in [2.24, 2.45) is 0 Å². The van der Waals surface area contributed by atoms with Crippen molar-refractivity contribution in [3.63, 3.8) is 0 Å². The molecule has 1 heterocycles. The molecule has 102 valence electrons. The predicted molar refractivity (Wildman–Crippen MR) is 75.4 cm³/mol. The van der Waals surface area contributed by atoms with Gasteiger partial charge in [0.15, 0.2) is 0 Å². The van der Waals surface area contributed by atoms with Crippen LogP contribution < -0.4 is 11.1 Å². The molecule has 4 heteroatoms. The van der Waals surface area contributed by atoms with Gasteiger partial charge in [-0.3, -0.25) is 0 Å². The molecule has 0 radical (unpaired) electrons. The van der Waals surface area contributed by atoms with Crippen molar-refractivity contribution < 1.29 is 4.74 Å². The van der Waals surface area contributed by atoms with E-state index < -0.39 is 0 Å². The Morgan fingerprint density at radius 3 is 2.72 bits per heavy atom. The minimum Gasteiger partial charge on any atom is -0.383 e. The molecule has 1 unspecified atom stereocenters. The first-order valence-electron chi connectivity index (χ1n) is 6.60. The smallest absolute Gasteiger partial charge is 0.128 e. The third-order valence-electron chi connectivity index (χ3n) is 2.99. The molecule has 18 heavy (non-hydrogen) atoms. The molecule has 1 rings (SSSR count). The molecule has 0 amide bonds. The predicted octanol–water partition coefficient (Wildman–Crippen LogP) is 2.52. The molecule has 0 saturated carbocycles. The number of aromatic nitrogens is 1. The number of hydrogen-bond acceptors (Lipinski definition) is 4. The van der Waals surface area contributed by atoms with Gasteiger partial charge in [-0.15, -0.1) is 0 Å². The summed E-state index contributed by atoms with van der Waals surface area (Å²) in [6, 6.07) is 3.97. The highest BCUT2D eigenvalue weighted by Crippen LogP contribution is 2.31. The molecular formula is C14H25N3O. The zero-order chi connectivity index (χ0) is 13.6. The monoisotopic (exact) mass is 251 g/mol. The van der Waals surface area contributed by atoms with Gasteiger partial charge in [-0.05, 0) is 39.8 Å². The SMILES string of the molecule is CCCNC(c1cccnc1N)C(C)(C)OCC. The van der Waals surface area contributed by atoms with Gasteiger partial charge in [-0.2, -0.15) is 0 Å². The van der Waals surface area contributed by atoms with Crippen LogP contribution in [0.4, 0.5) is 5.82 Å². The molecule has 0 aromatic carbocycles. The van der Waals surface area contributed by atoms with E-state index in [1.165, 1.54) is 0 Å². The van der Waals surface area contributed by atoms with Gasteiger partial charge in [0.05, 0.1) is 11.6 Å². The van der Waals surface area contributed by atoms with E-state index in [1.54, 1.807) is 6.20 Å². The van der Waals surface area contributed by atoms with Crippen LogP contribution in [0.5, 0.6) is 0 Å². The van der Waals surface area contributed by atoms with E-state index in [0.717, 1.165) is 18.5 Å². The van der Waals surface area contributed by atoms with Crippen molar-refractivity contribution in [2.75, 3.05) is 18.9 Å². The van der Waals surface area contributed by atoms with Gasteiger partial charge >= 0.3 is 0 Å². The quantitative estimate of drug-likeness (QED) is 0.781. The molecule has 4 nitrogen and oxygen atoms in total. The van der Waals surface area contributed by atoms with Gasteiger partial charge in [0.2, 0.25) is 0 Å². The molecule has 1 atom stereocenters. The molecule has 0 spiro atoms. The van der Waals surface area contributed by atoms with Crippen LogP contribution in [0.3, 0.4) is 0 Å². The maximum atomic E-state index is 5.98. The van der Waals surface area contributed by atoms with Gasteiger partial charge in [0, 0.05) is 18.4 Å². The average Bonchev–Trinajstić information content (AvgIpc) is 2.31. The molecule has 3 N–H and O–H groups in total. The molecule has 0 saturated heterocycles. The molecule has 0 bridgehead atoms. The Morgan fingerprint density at radius 2 is 2.17 bits per heavy atom. The number of nitrogens with one attached hydrogen (secondary N) is 1. The summed E-state index contributed by atoms with van der Waals surface area (Å²) < 4.78 is 5.85. The van der Waals surface area contributed by atoms with Crippen molar-refractivity contribution in [1.29, 1.82) is 0 Å². The van der Waals surface area contributed by atoms with Gasteiger partial charge in [0.1, 0.15) is 5.82 Å². The summed E-state index contributed by atoms with van der Waals surface area (Å²) >= 11 is 0. The van der Waals surface area contributed by atoms with E-state index in [9.17, 15) is 0 Å². The highest BCUT2D eigenvalue weighted by atomic mass is 16.5. The summed E-state index contributed by atoms with van der Waals surface area (Å²) in [6.45, 7) is 9.91. The molecule has 0 fully saturated rings. The first-order valence-corrected chi connectivity index (χ1v) is 6.60. The highest BCUT2D eigenvalue weighted by Gasteiger charge is 2.32. The Labute approximate surface area is 110 Å². The van der Waals surface area contributed by atoms with Crippen LogP contribution in [0, 0.1) is 0 Å². The minimum absolute atomic E-state index is 0.0473. The summed E-state index contributed by atoms with van der Waals surface area (Å²) in [5.41, 5.74) is 6.67. The maximum absolute atomic E-state index is 5.98. The molecule has 1 aromatic rings. The summed E-state index contributed by atoms with van der Waals surface area (Å²) in [7, 11) is 0. The van der Waals surface area contributed by atoms with Crippen LogP contribution in [-0.4, -0.2) is 23.7 Å². The van der Waals surface area contributed by atoms with Crippen LogP contribution >= 0.6 is 0 Å². The summed E-state index contributed by atoms with van der Waals surface area (Å²) in [4.78, 5) is 4.16. The van der Waals surface area contributed by atoms with Crippen LogP contribution in [0.2, 0.25) is 0 Å². The minimum atomic E-state index is -0.318. The Balaban J connectivity index is 3.01. The summed E-state index contributed by atoms with van der Waals surface area (Å²) in [6.07, 6.45) is 2.78. The number of hydrogen-bond donors (Lipinski definition) is 2. The van der Waals surface area contributed by atoms with E-state index >= 15 is 0 Å². The average molecular weight is 251 g/mol. The van der Waals surface area contributed by atoms with E-state index in [1.807, 2.05) is 19.1 Å². The van der Waals surface area contributed by atoms with Crippen LogP contribution in [-0.2, 0) is 4.74 Å². The largest absolute Gasteiger partial charge is 0.383 e. The van der Waals surface area contributed by atoms with Crippen LogP contribution in [0.15, 0.2) is 18.3 Å². The number of ether oxygens (including phenoxy) is 1. The second-order valence-electron chi connectivity index (χ2n) is 4.90. The molecule has 1 aromatic heterocycles. The van der Waals surface area contributed by atoms with Crippen molar-refractivity contribution >= 4 is 5.82 Å². The lowest BCUT2D eigenvalue weighted by atomic mass is 9.91. The van der Waals surface area contributed by atoms with Crippen molar-refractivity contribution in [3.8, 4) is 0 Å². The summed E-state index contributed by atoms with van der Waals surface area (Å²) in [5.74, 6) is 0.568. The Bertz CT molecular complexity index is 366. The normalized spacial score (nSPS) is 13.6. The molecular weight excluding hydrogens is 226 g/mol. The van der Waals surface area contributed by atoms with E-state index in [-0.39, 0.29) is 11.6 Å². The highest BCUT2D eigenvalue weighted by molar-refractivity contribution is 5.42. The number of rotatable bonds is 7. The fourth-order valence-electron chi connectivity index (χ4n) is 2.15. The first-order chi connectivity index (χ1) is 8.53. The van der Waals surface area contributed by atoms with Gasteiger partial charge in [-0.1, -0.05) is 13.0 Å².